The second-order valence-corrected chi connectivity index (χ2v) is 3.44. The van der Waals surface area contributed by atoms with E-state index in [0.29, 0.717) is 0 Å². The lowest BCUT2D eigenvalue weighted by Crippen LogP contribution is -2.32. The summed E-state index contributed by atoms with van der Waals surface area (Å²) in [6, 6.07) is 0. The molecule has 5 heteroatoms. The van der Waals surface area contributed by atoms with Crippen molar-refractivity contribution in [3.63, 3.8) is 0 Å². The zero-order valence-electron chi connectivity index (χ0n) is 8.97. The van der Waals surface area contributed by atoms with E-state index in [1.807, 2.05) is 0 Å². The summed E-state index contributed by atoms with van der Waals surface area (Å²) in [7, 11) is 6.74. The van der Waals surface area contributed by atoms with E-state index in [-0.39, 0.29) is 5.76 Å². The number of hydrogen-bond donors (Lipinski definition) is 3. The van der Waals surface area contributed by atoms with Gasteiger partial charge in [-0.1, -0.05) is 0 Å². The molecule has 80 valence electrons. The second kappa shape index (κ2) is 5.54. The highest BCUT2D eigenvalue weighted by Crippen LogP contribution is 1.98. The molecule has 0 rings (SSSR count). The lowest BCUT2D eigenvalue weighted by molar-refractivity contribution is -0.462. The van der Waals surface area contributed by atoms with Crippen molar-refractivity contribution in [3.8, 4) is 0 Å². The van der Waals surface area contributed by atoms with E-state index in [1.165, 1.54) is 10.8 Å². The molecule has 0 radical (unpaired) electrons. The van der Waals surface area contributed by atoms with Crippen molar-refractivity contribution in [2.45, 2.75) is 12.2 Å². The Bertz CT molecular complexity index is 282. The average Bonchev–Trinajstić information content (AvgIpc) is 2.00. The van der Waals surface area contributed by atoms with Gasteiger partial charge in [-0.25, -0.2) is 4.58 Å². The van der Waals surface area contributed by atoms with E-state index in [2.05, 4.69) is 5.87 Å². The van der Waals surface area contributed by atoms with Gasteiger partial charge in [-0.2, -0.15) is 4.58 Å². The summed E-state index contributed by atoms with van der Waals surface area (Å²) in [4.78, 5) is 0. The van der Waals surface area contributed by atoms with Crippen LogP contribution in [0.15, 0.2) is 5.76 Å². The summed E-state index contributed by atoms with van der Waals surface area (Å²) in [5.41, 5.74) is 0. The highest BCUT2D eigenvalue weighted by molar-refractivity contribution is 5.61. The van der Waals surface area contributed by atoms with Gasteiger partial charge in [0.1, 0.15) is 28.2 Å². The molecular weight excluding hydrogens is 184 g/mol. The zero-order chi connectivity index (χ0) is 11.3. The zero-order valence-corrected chi connectivity index (χ0v) is 8.97. The Kier molecular flexibility index (Phi) is 5.09. The third kappa shape index (κ3) is 4.77. The lowest BCUT2D eigenvalue weighted by Gasteiger charge is -2.08. The number of rotatable bonds is 3. The fourth-order valence-corrected chi connectivity index (χ4v) is 0.844. The fourth-order valence-electron chi connectivity index (χ4n) is 0.844. The molecule has 14 heavy (non-hydrogen) atoms. The Labute approximate surface area is 83.6 Å². The normalized spacial score (nSPS) is 13.9. The van der Waals surface area contributed by atoms with Crippen LogP contribution in [0.4, 0.5) is 0 Å². The molecule has 0 aromatic carbocycles. The average molecular weight is 202 g/mol. The molecule has 5 nitrogen and oxygen atoms in total. The Morgan fingerprint density at radius 1 is 1.21 bits per heavy atom. The van der Waals surface area contributed by atoms with Gasteiger partial charge >= 0.3 is 0 Å². The maximum Gasteiger partial charge on any atom is 0.234 e. The number of nitrogens with zero attached hydrogens (tertiary/aromatic N) is 2. The van der Waals surface area contributed by atoms with Gasteiger partial charge in [-0.3, -0.25) is 0 Å². The highest BCUT2D eigenvalue weighted by atomic mass is 16.4. The van der Waals surface area contributed by atoms with Crippen LogP contribution in [0.3, 0.4) is 0 Å². The van der Waals surface area contributed by atoms with E-state index >= 15 is 0 Å². The van der Waals surface area contributed by atoms with Crippen LogP contribution in [-0.4, -0.2) is 77.0 Å². The van der Waals surface area contributed by atoms with E-state index in [0.717, 1.165) is 0 Å². The molecule has 2 unspecified atom stereocenters. The van der Waals surface area contributed by atoms with Crippen molar-refractivity contribution in [1.82, 2.24) is 0 Å². The molecule has 0 saturated carbocycles. The molecule has 0 amide bonds. The van der Waals surface area contributed by atoms with Crippen molar-refractivity contribution in [1.29, 1.82) is 0 Å². The summed E-state index contributed by atoms with van der Waals surface area (Å²) in [5, 5.41) is 28.1. The third-order valence-electron chi connectivity index (χ3n) is 1.39. The first kappa shape index (κ1) is 12.8. The van der Waals surface area contributed by atoms with Gasteiger partial charge in [0, 0.05) is 0 Å². The molecule has 0 fully saturated rings. The van der Waals surface area contributed by atoms with Gasteiger partial charge in [0.15, 0.2) is 18.4 Å². The molecule has 2 atom stereocenters. The maximum absolute atomic E-state index is 9.40. The minimum absolute atomic E-state index is 0.388. The van der Waals surface area contributed by atoms with Crippen molar-refractivity contribution >= 4 is 12.1 Å². The summed E-state index contributed by atoms with van der Waals surface area (Å²) < 4.78 is 3.05. The summed E-state index contributed by atoms with van der Waals surface area (Å²) in [6.45, 7) is 0. The molecule has 0 aliphatic carbocycles. The second-order valence-electron chi connectivity index (χ2n) is 3.44. The molecule has 0 spiro atoms. The van der Waals surface area contributed by atoms with Gasteiger partial charge in [-0.05, 0) is 0 Å². The van der Waals surface area contributed by atoms with E-state index < -0.39 is 12.2 Å². The van der Waals surface area contributed by atoms with Crippen LogP contribution in [0.5, 0.6) is 0 Å². The van der Waals surface area contributed by atoms with E-state index in [9.17, 15) is 15.3 Å². The quantitative estimate of drug-likeness (QED) is 0.294. The number of hydrogen-bond acceptors (Lipinski definition) is 3. The van der Waals surface area contributed by atoms with Gasteiger partial charge < -0.3 is 15.3 Å². The first-order valence-electron chi connectivity index (χ1n) is 4.22. The highest BCUT2D eigenvalue weighted by Gasteiger charge is 2.23. The molecule has 3 N–H and O–H groups in total. The largest absolute Gasteiger partial charge is 0.498 e. The Morgan fingerprint density at radius 2 is 1.71 bits per heavy atom. The van der Waals surface area contributed by atoms with Crippen molar-refractivity contribution < 1.29 is 24.5 Å². The number of aliphatic hydroxyl groups is 3. The first-order chi connectivity index (χ1) is 6.34. The molecular formula is C9H18N2O3+2. The smallest absolute Gasteiger partial charge is 0.234 e. The molecule has 0 saturated heterocycles. The number of aliphatic hydroxyl groups excluding tert-OH is 3. The van der Waals surface area contributed by atoms with Crippen molar-refractivity contribution in [2.24, 2.45) is 0 Å². The first-order valence-corrected chi connectivity index (χ1v) is 4.22. The monoisotopic (exact) mass is 202 g/mol. The molecule has 0 aromatic heterocycles. The fraction of sp³-hybridized carbons (Fsp3) is 0.667. The molecule has 0 aliphatic rings. The van der Waals surface area contributed by atoms with E-state index in [1.54, 1.807) is 32.8 Å². The Morgan fingerprint density at radius 3 is 2.07 bits per heavy atom. The summed E-state index contributed by atoms with van der Waals surface area (Å²) >= 11 is 0. The standard InChI is InChI=1S/C9H17N2O3/c1-10(2)5-7(12)9(14)8(13)6-11(3)4/h5,7,9,12,14H,1-4H3/q+1/p+1. The van der Waals surface area contributed by atoms with Gasteiger partial charge in [0.05, 0.1) is 0 Å². The van der Waals surface area contributed by atoms with Gasteiger partial charge in [0.2, 0.25) is 11.6 Å². The molecule has 0 bridgehead atoms. The van der Waals surface area contributed by atoms with Crippen LogP contribution in [0, 0.1) is 0 Å². The predicted molar refractivity (Wildman–Crippen MR) is 53.4 cm³/mol. The molecule has 0 heterocycles. The SMILES string of the molecule is C[N+](C)=C=C(O)C(O)C(O)C=[N+](C)C. The third-order valence-corrected chi connectivity index (χ3v) is 1.39. The van der Waals surface area contributed by atoms with Gasteiger partial charge in [-0.15, -0.1) is 0 Å². The van der Waals surface area contributed by atoms with Crippen LogP contribution in [0.2, 0.25) is 0 Å². The van der Waals surface area contributed by atoms with Crippen LogP contribution in [-0.2, 0) is 0 Å². The van der Waals surface area contributed by atoms with Crippen molar-refractivity contribution in [2.75, 3.05) is 28.2 Å². The van der Waals surface area contributed by atoms with Gasteiger partial charge in [0.25, 0.3) is 0 Å². The van der Waals surface area contributed by atoms with Crippen LogP contribution < -0.4 is 0 Å². The van der Waals surface area contributed by atoms with E-state index in [4.69, 9.17) is 0 Å². The molecule has 0 aliphatic heterocycles. The molecule has 0 aromatic rings. The van der Waals surface area contributed by atoms with Crippen LogP contribution in [0.1, 0.15) is 0 Å². The summed E-state index contributed by atoms with van der Waals surface area (Å²) in [5.74, 6) is 2.07. The Hall–Kier alpha value is -1.16. The van der Waals surface area contributed by atoms with Crippen LogP contribution >= 0.6 is 0 Å². The van der Waals surface area contributed by atoms with Crippen LogP contribution in [0.25, 0.3) is 0 Å². The maximum atomic E-state index is 9.40. The topological polar surface area (TPSA) is 66.7 Å². The lowest BCUT2D eigenvalue weighted by atomic mass is 10.2. The Balaban J connectivity index is 4.72. The minimum Gasteiger partial charge on any atom is -0.498 e. The summed E-state index contributed by atoms with van der Waals surface area (Å²) in [6.07, 6.45) is -1.10. The predicted octanol–water partition coefficient (Wildman–Crippen LogP) is -1.57. The van der Waals surface area contributed by atoms with Crippen molar-refractivity contribution in [3.05, 3.63) is 5.76 Å². The minimum atomic E-state index is -1.35.